The SMILES string of the molecule is CC(C)n1cc(Br)cc1C(=O)N[C@H]1CCNC1. The Morgan fingerprint density at radius 3 is 3.00 bits per heavy atom. The number of hydrogen-bond donors (Lipinski definition) is 2. The summed E-state index contributed by atoms with van der Waals surface area (Å²) in [5.41, 5.74) is 0.721. The largest absolute Gasteiger partial charge is 0.347 e. The Hall–Kier alpha value is -0.810. The van der Waals surface area contributed by atoms with Gasteiger partial charge in [0.2, 0.25) is 0 Å². The van der Waals surface area contributed by atoms with E-state index in [-0.39, 0.29) is 18.0 Å². The summed E-state index contributed by atoms with van der Waals surface area (Å²) in [6, 6.07) is 2.41. The fraction of sp³-hybridized carbons (Fsp3) is 0.583. The van der Waals surface area contributed by atoms with Crippen LogP contribution in [-0.2, 0) is 0 Å². The van der Waals surface area contributed by atoms with Gasteiger partial charge < -0.3 is 15.2 Å². The minimum Gasteiger partial charge on any atom is -0.347 e. The number of carbonyl (C=O) groups excluding carboxylic acids is 1. The van der Waals surface area contributed by atoms with Crippen LogP contribution in [0.4, 0.5) is 0 Å². The summed E-state index contributed by atoms with van der Waals surface area (Å²) in [6.45, 7) is 6.00. The number of halogens is 1. The molecule has 0 radical (unpaired) electrons. The van der Waals surface area contributed by atoms with Crippen LogP contribution in [0.25, 0.3) is 0 Å². The summed E-state index contributed by atoms with van der Waals surface area (Å²) in [4.78, 5) is 12.2. The predicted molar refractivity (Wildman–Crippen MR) is 71.3 cm³/mol. The van der Waals surface area contributed by atoms with E-state index in [9.17, 15) is 4.79 Å². The molecule has 0 saturated carbocycles. The molecule has 1 aromatic rings. The van der Waals surface area contributed by atoms with Crippen molar-refractivity contribution in [2.75, 3.05) is 13.1 Å². The zero-order chi connectivity index (χ0) is 12.4. The first-order chi connectivity index (χ1) is 8.08. The maximum Gasteiger partial charge on any atom is 0.268 e. The van der Waals surface area contributed by atoms with Gasteiger partial charge >= 0.3 is 0 Å². The van der Waals surface area contributed by atoms with Crippen LogP contribution in [0.1, 0.15) is 36.8 Å². The number of hydrogen-bond acceptors (Lipinski definition) is 2. The number of carbonyl (C=O) groups is 1. The van der Waals surface area contributed by atoms with Crippen molar-refractivity contribution < 1.29 is 4.79 Å². The van der Waals surface area contributed by atoms with Crippen LogP contribution in [0, 0.1) is 0 Å². The molecule has 1 saturated heterocycles. The van der Waals surface area contributed by atoms with Crippen LogP contribution in [0.15, 0.2) is 16.7 Å². The fourth-order valence-electron chi connectivity index (χ4n) is 2.09. The number of nitrogens with zero attached hydrogens (tertiary/aromatic N) is 1. The fourth-order valence-corrected chi connectivity index (χ4v) is 2.53. The minimum atomic E-state index is 0.0121. The van der Waals surface area contributed by atoms with E-state index in [1.807, 2.05) is 16.8 Å². The van der Waals surface area contributed by atoms with Crippen LogP contribution in [0.5, 0.6) is 0 Å². The maximum absolute atomic E-state index is 12.2. The van der Waals surface area contributed by atoms with Gasteiger partial charge in [0, 0.05) is 29.3 Å². The molecule has 5 heteroatoms. The molecule has 2 N–H and O–H groups in total. The first-order valence-corrected chi connectivity index (χ1v) is 6.76. The Morgan fingerprint density at radius 1 is 1.65 bits per heavy atom. The van der Waals surface area contributed by atoms with Crippen molar-refractivity contribution in [3.63, 3.8) is 0 Å². The van der Waals surface area contributed by atoms with E-state index in [0.29, 0.717) is 0 Å². The van der Waals surface area contributed by atoms with E-state index < -0.39 is 0 Å². The molecule has 4 nitrogen and oxygen atoms in total. The van der Waals surface area contributed by atoms with Crippen molar-refractivity contribution >= 4 is 21.8 Å². The van der Waals surface area contributed by atoms with Crippen LogP contribution >= 0.6 is 15.9 Å². The number of aromatic nitrogens is 1. The quantitative estimate of drug-likeness (QED) is 0.896. The minimum absolute atomic E-state index is 0.0121. The third-order valence-electron chi connectivity index (χ3n) is 3.00. The molecule has 94 valence electrons. The second-order valence-corrected chi connectivity index (χ2v) is 5.62. The molecule has 2 heterocycles. The smallest absolute Gasteiger partial charge is 0.268 e. The highest BCUT2D eigenvalue weighted by Crippen LogP contribution is 2.19. The van der Waals surface area contributed by atoms with Gasteiger partial charge in [-0.2, -0.15) is 0 Å². The molecule has 0 aromatic carbocycles. The first kappa shape index (κ1) is 12.6. The second-order valence-electron chi connectivity index (χ2n) is 4.71. The van der Waals surface area contributed by atoms with Crippen LogP contribution in [0.3, 0.4) is 0 Å². The van der Waals surface area contributed by atoms with Crippen LogP contribution < -0.4 is 10.6 Å². The Bertz CT molecular complexity index is 408. The van der Waals surface area contributed by atoms with E-state index >= 15 is 0 Å². The molecule has 1 atom stereocenters. The molecular weight excluding hydrogens is 282 g/mol. The highest BCUT2D eigenvalue weighted by molar-refractivity contribution is 9.10. The van der Waals surface area contributed by atoms with Crippen molar-refractivity contribution in [2.24, 2.45) is 0 Å². The summed E-state index contributed by atoms with van der Waals surface area (Å²) in [5, 5.41) is 6.30. The summed E-state index contributed by atoms with van der Waals surface area (Å²) < 4.78 is 2.93. The Kier molecular flexibility index (Phi) is 3.89. The molecule has 0 unspecified atom stereocenters. The van der Waals surface area contributed by atoms with Gasteiger partial charge in [0.15, 0.2) is 0 Å². The summed E-state index contributed by atoms with van der Waals surface area (Å²) in [5.74, 6) is 0.0121. The van der Waals surface area contributed by atoms with Crippen LogP contribution in [-0.4, -0.2) is 29.6 Å². The van der Waals surface area contributed by atoms with Crippen molar-refractivity contribution in [1.82, 2.24) is 15.2 Å². The van der Waals surface area contributed by atoms with Gasteiger partial charge in [0.25, 0.3) is 5.91 Å². The molecule has 0 bridgehead atoms. The lowest BCUT2D eigenvalue weighted by molar-refractivity contribution is 0.0929. The third kappa shape index (κ3) is 2.90. The Morgan fingerprint density at radius 2 is 2.41 bits per heavy atom. The lowest BCUT2D eigenvalue weighted by Gasteiger charge is -2.15. The zero-order valence-electron chi connectivity index (χ0n) is 10.2. The maximum atomic E-state index is 12.2. The lowest BCUT2D eigenvalue weighted by Crippen LogP contribution is -2.37. The lowest BCUT2D eigenvalue weighted by atomic mass is 10.2. The summed E-state index contributed by atoms with van der Waals surface area (Å²) in [7, 11) is 0. The first-order valence-electron chi connectivity index (χ1n) is 5.97. The predicted octanol–water partition coefficient (Wildman–Crippen LogP) is 1.92. The van der Waals surface area contributed by atoms with E-state index in [2.05, 4.69) is 40.4 Å². The average molecular weight is 300 g/mol. The van der Waals surface area contributed by atoms with Crippen molar-refractivity contribution in [2.45, 2.75) is 32.4 Å². The van der Waals surface area contributed by atoms with Gasteiger partial charge in [0.1, 0.15) is 5.69 Å². The molecule has 17 heavy (non-hydrogen) atoms. The molecular formula is C12H18BrN3O. The van der Waals surface area contributed by atoms with Crippen molar-refractivity contribution in [3.8, 4) is 0 Å². The molecule has 1 aromatic heterocycles. The topological polar surface area (TPSA) is 46.1 Å². The van der Waals surface area contributed by atoms with Crippen molar-refractivity contribution in [1.29, 1.82) is 0 Å². The molecule has 2 rings (SSSR count). The molecule has 1 aliphatic rings. The second kappa shape index (κ2) is 5.23. The van der Waals surface area contributed by atoms with Gasteiger partial charge in [0.05, 0.1) is 0 Å². The van der Waals surface area contributed by atoms with Crippen LogP contribution in [0.2, 0.25) is 0 Å². The molecule has 0 aliphatic carbocycles. The standard InChI is InChI=1S/C12H18BrN3O/c1-8(2)16-7-9(13)5-11(16)12(17)15-10-3-4-14-6-10/h5,7-8,10,14H,3-4,6H2,1-2H3,(H,15,17)/t10-/m0/s1. The van der Waals surface area contributed by atoms with E-state index in [0.717, 1.165) is 29.7 Å². The molecule has 1 fully saturated rings. The number of amides is 1. The van der Waals surface area contributed by atoms with Gasteiger partial charge in [-0.1, -0.05) is 0 Å². The number of nitrogens with one attached hydrogen (secondary N) is 2. The van der Waals surface area contributed by atoms with E-state index in [1.165, 1.54) is 0 Å². The number of rotatable bonds is 3. The van der Waals surface area contributed by atoms with E-state index in [4.69, 9.17) is 0 Å². The Balaban J connectivity index is 2.12. The summed E-state index contributed by atoms with van der Waals surface area (Å²) in [6.07, 6.45) is 2.96. The Labute approximate surface area is 110 Å². The van der Waals surface area contributed by atoms with Gasteiger partial charge in [-0.3, -0.25) is 4.79 Å². The van der Waals surface area contributed by atoms with Gasteiger partial charge in [-0.15, -0.1) is 0 Å². The van der Waals surface area contributed by atoms with Crippen molar-refractivity contribution in [3.05, 3.63) is 22.4 Å². The van der Waals surface area contributed by atoms with Gasteiger partial charge in [-0.05, 0) is 48.8 Å². The zero-order valence-corrected chi connectivity index (χ0v) is 11.8. The molecule has 1 amide bonds. The monoisotopic (exact) mass is 299 g/mol. The summed E-state index contributed by atoms with van der Waals surface area (Å²) >= 11 is 3.42. The third-order valence-corrected chi connectivity index (χ3v) is 3.43. The highest BCUT2D eigenvalue weighted by atomic mass is 79.9. The highest BCUT2D eigenvalue weighted by Gasteiger charge is 2.20. The molecule has 0 spiro atoms. The normalized spacial score (nSPS) is 19.9. The average Bonchev–Trinajstić information content (AvgIpc) is 2.86. The van der Waals surface area contributed by atoms with E-state index in [1.54, 1.807) is 0 Å². The van der Waals surface area contributed by atoms with Gasteiger partial charge in [-0.25, -0.2) is 0 Å². The molecule has 1 aliphatic heterocycles.